The van der Waals surface area contributed by atoms with E-state index in [0.29, 0.717) is 25.7 Å². The first-order valence-electron chi connectivity index (χ1n) is 6.04. The van der Waals surface area contributed by atoms with E-state index in [-0.39, 0.29) is 22.5 Å². The molecule has 2 rings (SSSR count). The summed E-state index contributed by atoms with van der Waals surface area (Å²) in [4.78, 5) is 10.5. The minimum atomic E-state index is -3.73. The van der Waals surface area contributed by atoms with Crippen molar-refractivity contribution in [1.82, 2.24) is 4.72 Å². The zero-order valence-electron chi connectivity index (χ0n) is 10.9. The Morgan fingerprint density at radius 3 is 2.74 bits per heavy atom. The lowest BCUT2D eigenvalue weighted by molar-refractivity contribution is -0.0599. The van der Waals surface area contributed by atoms with Gasteiger partial charge in [-0.3, -0.25) is 4.79 Å². The number of carbonyl (C=O) groups is 1. The van der Waals surface area contributed by atoms with Crippen molar-refractivity contribution in [3.05, 3.63) is 17.9 Å². The summed E-state index contributed by atoms with van der Waals surface area (Å²) < 4.78 is 37.2. The number of hydrogen-bond donors (Lipinski definition) is 1. The van der Waals surface area contributed by atoms with E-state index in [1.54, 1.807) is 0 Å². The highest BCUT2D eigenvalue weighted by atomic mass is 32.2. The summed E-state index contributed by atoms with van der Waals surface area (Å²) in [5.74, 6) is -0.00678. The third-order valence-electron chi connectivity index (χ3n) is 3.00. The van der Waals surface area contributed by atoms with Crippen molar-refractivity contribution in [2.75, 3.05) is 6.61 Å². The number of sulfonamides is 1. The van der Waals surface area contributed by atoms with Crippen molar-refractivity contribution in [2.45, 2.75) is 43.4 Å². The van der Waals surface area contributed by atoms with Gasteiger partial charge in [0.05, 0.1) is 5.60 Å². The lowest BCUT2D eigenvalue weighted by Gasteiger charge is -2.35. The first-order chi connectivity index (χ1) is 8.82. The first-order valence-corrected chi connectivity index (χ1v) is 7.52. The molecular weight excluding hydrogens is 270 g/mol. The summed E-state index contributed by atoms with van der Waals surface area (Å²) >= 11 is 0. The quantitative estimate of drug-likeness (QED) is 0.844. The third-order valence-corrected chi connectivity index (χ3v) is 4.39. The zero-order chi connectivity index (χ0) is 14.1. The molecule has 1 aliphatic heterocycles. The second kappa shape index (κ2) is 5.07. The van der Waals surface area contributed by atoms with Crippen LogP contribution in [-0.2, 0) is 14.8 Å². The van der Waals surface area contributed by atoms with Gasteiger partial charge in [0.1, 0.15) is 0 Å². The molecule has 0 radical (unpaired) electrons. The first kappa shape index (κ1) is 14.2. The molecule has 2 heterocycles. The zero-order valence-corrected chi connectivity index (χ0v) is 11.7. The molecule has 1 atom stereocenters. The van der Waals surface area contributed by atoms with Gasteiger partial charge >= 0.3 is 0 Å². The van der Waals surface area contributed by atoms with Crippen molar-refractivity contribution in [3.63, 3.8) is 0 Å². The number of rotatable bonds is 4. The van der Waals surface area contributed by atoms with Crippen LogP contribution in [0.5, 0.6) is 0 Å². The number of ether oxygens (including phenoxy) is 1. The van der Waals surface area contributed by atoms with Gasteiger partial charge in [-0.05, 0) is 38.8 Å². The average Bonchev–Trinajstić information content (AvgIpc) is 2.76. The highest BCUT2D eigenvalue weighted by molar-refractivity contribution is 7.89. The summed E-state index contributed by atoms with van der Waals surface area (Å²) in [6, 6.07) is 2.41. The molecule has 19 heavy (non-hydrogen) atoms. The summed E-state index contributed by atoms with van der Waals surface area (Å²) in [6.07, 6.45) is 1.67. The Labute approximate surface area is 112 Å². The molecule has 1 unspecified atom stereocenters. The largest absolute Gasteiger partial charge is 0.440 e. The molecule has 7 heteroatoms. The number of carbonyl (C=O) groups excluding carboxylic acids is 1. The predicted molar refractivity (Wildman–Crippen MR) is 67.5 cm³/mol. The van der Waals surface area contributed by atoms with Gasteiger partial charge in [0.15, 0.2) is 12.0 Å². The fraction of sp³-hybridized carbons (Fsp3) is 0.583. The van der Waals surface area contributed by atoms with Crippen molar-refractivity contribution in [1.29, 1.82) is 0 Å². The van der Waals surface area contributed by atoms with Gasteiger partial charge in [-0.2, -0.15) is 0 Å². The topological polar surface area (TPSA) is 85.6 Å². The summed E-state index contributed by atoms with van der Waals surface area (Å²) in [6.45, 7) is 4.35. The maximum absolute atomic E-state index is 12.1. The van der Waals surface area contributed by atoms with Crippen LogP contribution in [0.15, 0.2) is 21.6 Å². The van der Waals surface area contributed by atoms with Gasteiger partial charge in [-0.15, -0.1) is 0 Å². The fourth-order valence-corrected chi connectivity index (χ4v) is 3.36. The molecule has 6 nitrogen and oxygen atoms in total. The van der Waals surface area contributed by atoms with Gasteiger partial charge in [0, 0.05) is 12.6 Å². The molecule has 1 aromatic rings. The van der Waals surface area contributed by atoms with Crippen LogP contribution < -0.4 is 4.72 Å². The van der Waals surface area contributed by atoms with Crippen molar-refractivity contribution < 1.29 is 22.4 Å². The van der Waals surface area contributed by atoms with Crippen LogP contribution in [0, 0.1) is 0 Å². The number of aldehydes is 1. The lowest BCUT2D eigenvalue weighted by Crippen LogP contribution is -2.45. The monoisotopic (exact) mass is 287 g/mol. The second-order valence-electron chi connectivity index (χ2n) is 5.19. The number of nitrogens with one attached hydrogen (secondary N) is 1. The van der Waals surface area contributed by atoms with Gasteiger partial charge in [0.2, 0.25) is 5.09 Å². The van der Waals surface area contributed by atoms with Crippen molar-refractivity contribution in [2.24, 2.45) is 0 Å². The minimum Gasteiger partial charge on any atom is -0.440 e. The molecule has 1 fully saturated rings. The molecule has 0 amide bonds. The van der Waals surface area contributed by atoms with Crippen LogP contribution in [0.4, 0.5) is 0 Å². The van der Waals surface area contributed by atoms with Crippen LogP contribution in [0.2, 0.25) is 0 Å². The van der Waals surface area contributed by atoms with Crippen LogP contribution in [0.25, 0.3) is 0 Å². The SMILES string of the molecule is CC1(C)CC(NS(=O)(=O)c2ccc(C=O)o2)CCO1. The summed E-state index contributed by atoms with van der Waals surface area (Å²) in [5.41, 5.74) is -0.345. The Morgan fingerprint density at radius 2 is 2.16 bits per heavy atom. The highest BCUT2D eigenvalue weighted by Crippen LogP contribution is 2.25. The Kier molecular flexibility index (Phi) is 3.80. The van der Waals surface area contributed by atoms with E-state index in [1.165, 1.54) is 12.1 Å². The van der Waals surface area contributed by atoms with Crippen LogP contribution in [0.3, 0.4) is 0 Å². The van der Waals surface area contributed by atoms with E-state index in [9.17, 15) is 13.2 Å². The van der Waals surface area contributed by atoms with E-state index in [1.807, 2.05) is 13.8 Å². The molecule has 1 aliphatic rings. The van der Waals surface area contributed by atoms with E-state index in [0.717, 1.165) is 0 Å². The second-order valence-corrected chi connectivity index (χ2v) is 6.84. The average molecular weight is 287 g/mol. The fourth-order valence-electron chi connectivity index (χ4n) is 2.15. The number of furan rings is 1. The van der Waals surface area contributed by atoms with Crippen LogP contribution in [-0.4, -0.2) is 33.0 Å². The molecule has 1 aromatic heterocycles. The maximum Gasteiger partial charge on any atom is 0.274 e. The Bertz CT molecular complexity index is 560. The van der Waals surface area contributed by atoms with Crippen molar-refractivity contribution in [3.8, 4) is 0 Å². The molecule has 0 aliphatic carbocycles. The summed E-state index contributed by atoms with van der Waals surface area (Å²) in [7, 11) is -3.73. The third kappa shape index (κ3) is 3.43. The molecule has 0 spiro atoms. The lowest BCUT2D eigenvalue weighted by atomic mass is 9.95. The van der Waals surface area contributed by atoms with Crippen molar-refractivity contribution >= 4 is 16.3 Å². The highest BCUT2D eigenvalue weighted by Gasteiger charge is 2.32. The van der Waals surface area contributed by atoms with Crippen LogP contribution >= 0.6 is 0 Å². The molecule has 1 N–H and O–H groups in total. The normalized spacial score (nSPS) is 23.2. The van der Waals surface area contributed by atoms with E-state index in [4.69, 9.17) is 9.15 Å². The molecule has 106 valence electrons. The standard InChI is InChI=1S/C12H17NO5S/c1-12(2)7-9(5-6-17-12)13-19(15,16)11-4-3-10(8-14)18-11/h3-4,8-9,13H,5-7H2,1-2H3. The van der Waals surface area contributed by atoms with Gasteiger partial charge in [-0.1, -0.05) is 0 Å². The Hall–Kier alpha value is -1.18. The maximum atomic E-state index is 12.1. The molecule has 0 bridgehead atoms. The van der Waals surface area contributed by atoms with E-state index in [2.05, 4.69) is 4.72 Å². The molecular formula is C12H17NO5S. The molecule has 0 aromatic carbocycles. The minimum absolute atomic E-state index is 0.00678. The number of hydrogen-bond acceptors (Lipinski definition) is 5. The Balaban J connectivity index is 2.11. The smallest absolute Gasteiger partial charge is 0.274 e. The van der Waals surface area contributed by atoms with Gasteiger partial charge in [-0.25, -0.2) is 13.1 Å². The predicted octanol–water partition coefficient (Wildman–Crippen LogP) is 1.33. The molecule has 1 saturated heterocycles. The van der Waals surface area contributed by atoms with Gasteiger partial charge in [0.25, 0.3) is 10.0 Å². The Morgan fingerprint density at radius 1 is 1.42 bits per heavy atom. The van der Waals surface area contributed by atoms with Gasteiger partial charge < -0.3 is 9.15 Å². The molecule has 0 saturated carbocycles. The van der Waals surface area contributed by atoms with E-state index >= 15 is 0 Å². The summed E-state index contributed by atoms with van der Waals surface area (Å²) in [5, 5.41) is -0.237. The van der Waals surface area contributed by atoms with E-state index < -0.39 is 10.0 Å². The van der Waals surface area contributed by atoms with Crippen LogP contribution in [0.1, 0.15) is 37.2 Å².